The number of hydrogen-bond acceptors (Lipinski definition) is 24. The van der Waals surface area contributed by atoms with Gasteiger partial charge in [-0.1, -0.05) is 35.3 Å². The van der Waals surface area contributed by atoms with Crippen LogP contribution in [-0.2, 0) is 0 Å². The van der Waals surface area contributed by atoms with Crippen LogP contribution in [0.2, 0.25) is 32.1 Å². The number of rotatable bonds is 22. The fraction of sp³-hybridized carbons (Fsp3) is 0.500. The first kappa shape index (κ1) is 41.3. The predicted molar refractivity (Wildman–Crippen MR) is 229 cm³/mol. The monoisotopic (exact) mass is 946 g/mol. The summed E-state index contributed by atoms with van der Waals surface area (Å²) in [5, 5.41) is 1.17. The molecule has 0 aliphatic heterocycles. The van der Waals surface area contributed by atoms with Crippen LogP contribution in [0, 0.1) is 0 Å². The summed E-state index contributed by atoms with van der Waals surface area (Å²) in [4.78, 5) is 51.0. The van der Waals surface area contributed by atoms with Crippen LogP contribution in [0.25, 0.3) is 0 Å². The van der Waals surface area contributed by atoms with Gasteiger partial charge in [0.25, 0.3) is 0 Å². The van der Waals surface area contributed by atoms with E-state index in [1.54, 1.807) is 0 Å². The Balaban J connectivity index is 0.000000455. The van der Waals surface area contributed by atoms with Gasteiger partial charge < -0.3 is 32.7 Å². The first-order chi connectivity index (χ1) is 27.4. The number of thiol groups is 3. The van der Waals surface area contributed by atoms with Crippen molar-refractivity contribution in [3.05, 3.63) is 26.4 Å². The lowest BCUT2D eigenvalue weighted by Crippen LogP contribution is -2.31. The highest BCUT2D eigenvalue weighted by Gasteiger charge is 2.11. The van der Waals surface area contributed by atoms with Gasteiger partial charge in [0.2, 0.25) is 50.2 Å². The minimum Gasteiger partial charge on any atom is -0.368 e. The Hall–Kier alpha value is -1.29. The maximum atomic E-state index is 7.20. The molecule has 0 aromatic carbocycles. The largest absolute Gasteiger partial charge is 0.368 e. The maximum absolute atomic E-state index is 7.20. The van der Waals surface area contributed by atoms with Crippen molar-refractivity contribution in [2.45, 2.75) is 15.5 Å². The molecular formula is C24H35Cl5N18S6. The van der Waals surface area contributed by atoms with Crippen molar-refractivity contribution < 1.29 is 5.65 Å². The summed E-state index contributed by atoms with van der Waals surface area (Å²) in [6.45, 7) is 5.16. The Morgan fingerprint density at radius 1 is 0.415 bits per heavy atom. The second-order valence-corrected chi connectivity index (χ2v) is 15.4. The van der Waals surface area contributed by atoms with Crippen LogP contribution in [0.1, 0.15) is 0 Å². The number of hydrogen-bond donors (Lipinski definition) is 7. The molecule has 4 aromatic rings. The lowest BCUT2D eigenvalue weighted by molar-refractivity contribution is 0.329. The average molecular weight is 949 g/mol. The molecule has 0 saturated carbocycles. The predicted octanol–water partition coefficient (Wildman–Crippen LogP) is 3.77. The first-order valence-corrected chi connectivity index (χ1v) is 21.4. The summed E-state index contributed by atoms with van der Waals surface area (Å²) in [7, 11) is 0. The van der Waals surface area contributed by atoms with E-state index < -0.39 is 0 Å². The molecule has 0 bridgehead atoms. The molecule has 0 atom stereocenters. The molecule has 0 amide bonds. The average Bonchev–Trinajstić information content (AvgIpc) is 3.17. The molecule has 0 radical (unpaired) electrons. The van der Waals surface area contributed by atoms with Gasteiger partial charge in [-0.25, -0.2) is 0 Å². The Kier molecular flexibility index (Phi) is 21.3. The Bertz CT molecular complexity index is 1590. The van der Waals surface area contributed by atoms with Gasteiger partial charge in [0, 0.05) is 73.8 Å². The SMILES string of the molecule is SCCN(CCS)CCS.[2H]Nc1nc(Cl)nc(Cl)n1.[2H]Nc1nc(Cl)nc(SCCN(CCSc2nc(Cl)nc(N[2H])n2)CCSc2nc(Cl)nc(N[2H])n2)n1. The minimum absolute atomic E-state index is 0.00649. The molecule has 0 aliphatic rings. The quantitative estimate of drug-likeness (QED) is 0.0437. The van der Waals surface area contributed by atoms with Gasteiger partial charge in [-0.15, -0.1) is 0 Å². The molecule has 0 saturated heterocycles. The van der Waals surface area contributed by atoms with E-state index in [1.807, 2.05) is 5.73 Å². The molecular weight excluding hydrogens is 910 g/mol. The summed E-state index contributed by atoms with van der Waals surface area (Å²) in [5.41, 5.74) is 8.25. The Labute approximate surface area is 366 Å². The number of nitrogens with zero attached hydrogens (tertiary/aromatic N) is 14. The van der Waals surface area contributed by atoms with Crippen molar-refractivity contribution in [1.29, 1.82) is 0 Å². The number of aromatic nitrogens is 12. The highest BCUT2D eigenvalue weighted by Crippen LogP contribution is 2.20. The summed E-state index contributed by atoms with van der Waals surface area (Å²) in [6.07, 6.45) is 0. The maximum Gasteiger partial charge on any atom is 0.228 e. The molecule has 53 heavy (non-hydrogen) atoms. The smallest absolute Gasteiger partial charge is 0.228 e. The summed E-state index contributed by atoms with van der Waals surface area (Å²) in [5.74, 6) is 4.92. The number of thioether (sulfide) groups is 3. The van der Waals surface area contributed by atoms with Crippen molar-refractivity contribution >= 4 is 155 Å². The van der Waals surface area contributed by atoms with E-state index in [2.05, 4.69) is 125 Å². The Morgan fingerprint density at radius 3 is 0.962 bits per heavy atom. The second kappa shape index (κ2) is 27.3. The normalized spacial score (nSPS) is 11.7. The molecule has 18 nitrogen and oxygen atoms in total. The highest BCUT2D eigenvalue weighted by molar-refractivity contribution is 7.99. The van der Waals surface area contributed by atoms with Gasteiger partial charge in [0.15, 0.2) is 21.1 Å². The fourth-order valence-electron chi connectivity index (χ4n) is 3.41. The molecule has 0 fully saturated rings. The van der Waals surface area contributed by atoms with Crippen molar-refractivity contribution in [3.8, 4) is 0 Å². The summed E-state index contributed by atoms with van der Waals surface area (Å²) >= 11 is 45.0. The molecule has 4 aromatic heterocycles. The second-order valence-electron chi connectivity index (χ2n) is 9.23. The van der Waals surface area contributed by atoms with E-state index in [0.29, 0.717) is 52.4 Å². The topological polar surface area (TPSA) is 265 Å². The Morgan fingerprint density at radius 2 is 0.679 bits per heavy atom. The van der Waals surface area contributed by atoms with Gasteiger partial charge in [-0.2, -0.15) is 97.7 Å². The van der Waals surface area contributed by atoms with Crippen molar-refractivity contribution in [1.82, 2.24) is 69.6 Å². The molecule has 4 heterocycles. The van der Waals surface area contributed by atoms with Gasteiger partial charge in [-0.05, 0) is 58.0 Å². The van der Waals surface area contributed by atoms with Crippen LogP contribution < -0.4 is 22.9 Å². The van der Waals surface area contributed by atoms with E-state index in [9.17, 15) is 0 Å². The zero-order valence-electron chi connectivity index (χ0n) is 31.2. The zero-order chi connectivity index (χ0) is 42.0. The van der Waals surface area contributed by atoms with Crippen LogP contribution in [0.4, 0.5) is 23.8 Å². The standard InChI is InChI=1S/C15H18Cl3N13S3.C6H15NS3.C3H2Cl2N4/c16-7-22-10(19)28-13(25-7)32-4-1-31(2-5-33-14-26-8(17)23-11(20)29-14)3-6-34-15-27-9(18)24-12(21)30-15;8-4-1-7(2-5-9)3-6-10;4-1-7-2(5)9-3(6)8-1/h1-6H2,(H2,19,22,25,28)(H2,20,23,26,29)(H2,21,24,27,30);8-10H,1-6H2;(H2,6,7,8,9)/i/hD4. The molecule has 29 heteroatoms. The third kappa shape index (κ3) is 22.1. The van der Waals surface area contributed by atoms with Crippen LogP contribution in [0.5, 0.6) is 0 Å². The van der Waals surface area contributed by atoms with Crippen molar-refractivity contribution in [2.24, 2.45) is 0 Å². The third-order valence-corrected chi connectivity index (χ3v) is 9.44. The molecule has 0 unspecified atom stereocenters. The van der Waals surface area contributed by atoms with Gasteiger partial charge in [0.1, 0.15) is 0 Å². The van der Waals surface area contributed by atoms with Gasteiger partial charge in [0.05, 0.1) is 0 Å². The van der Waals surface area contributed by atoms with Gasteiger partial charge >= 0.3 is 0 Å². The third-order valence-electron chi connectivity index (χ3n) is 5.51. The number of halogens is 5. The van der Waals surface area contributed by atoms with Crippen LogP contribution in [0.3, 0.4) is 0 Å². The van der Waals surface area contributed by atoms with E-state index in [-0.39, 0.29) is 50.2 Å². The van der Waals surface area contributed by atoms with Crippen molar-refractivity contribution in [3.63, 3.8) is 0 Å². The number of anilines is 4. The zero-order valence-corrected chi connectivity index (χ0v) is 36.1. The fourth-order valence-corrected chi connectivity index (χ4v) is 7.75. The summed E-state index contributed by atoms with van der Waals surface area (Å²) in [6, 6.07) is 0. The lowest BCUT2D eigenvalue weighted by atomic mass is 10.5. The number of nitrogens with two attached hydrogens (primary N) is 4. The van der Waals surface area contributed by atoms with E-state index in [0.717, 1.165) is 36.9 Å². The van der Waals surface area contributed by atoms with Gasteiger partial charge in [-0.3, -0.25) is 0 Å². The molecule has 0 aliphatic carbocycles. The van der Waals surface area contributed by atoms with E-state index in [1.165, 1.54) is 35.3 Å². The summed E-state index contributed by atoms with van der Waals surface area (Å²) < 4.78 is 28.2. The number of nitrogen functional groups attached to an aromatic ring is 4. The van der Waals surface area contributed by atoms with Crippen molar-refractivity contribution in [2.75, 3.05) is 96.7 Å². The lowest BCUT2D eigenvalue weighted by Gasteiger charge is -2.21. The highest BCUT2D eigenvalue weighted by atomic mass is 35.5. The van der Waals surface area contributed by atoms with E-state index >= 15 is 0 Å². The molecule has 8 N–H and O–H groups in total. The van der Waals surface area contributed by atoms with Crippen LogP contribution in [-0.4, -0.2) is 143 Å². The first-order valence-electron chi connectivity index (χ1n) is 16.6. The van der Waals surface area contributed by atoms with E-state index in [4.69, 9.17) is 63.7 Å². The molecule has 292 valence electrons. The minimum atomic E-state index is -0.0326. The van der Waals surface area contributed by atoms with Crippen LogP contribution >= 0.6 is 131 Å². The van der Waals surface area contributed by atoms with Crippen LogP contribution in [0.15, 0.2) is 15.5 Å². The molecule has 0 spiro atoms. The molecule has 4 rings (SSSR count).